The minimum absolute atomic E-state index is 0.155. The standard InChI is InChI=1S/C15H12BrClINO/c1-9(16)11-4-2-3-5-14(11)19-15(20)12-8-10(17)6-7-13(12)18/h2-9H,1H3,(H,19,20). The maximum Gasteiger partial charge on any atom is 0.256 e. The van der Waals surface area contributed by atoms with Gasteiger partial charge in [-0.1, -0.05) is 45.7 Å². The Labute approximate surface area is 145 Å². The molecule has 5 heteroatoms. The highest BCUT2D eigenvalue weighted by Crippen LogP contribution is 2.29. The molecule has 2 rings (SSSR count). The van der Waals surface area contributed by atoms with Crippen LogP contribution in [0.15, 0.2) is 42.5 Å². The first-order chi connectivity index (χ1) is 9.49. The zero-order valence-corrected chi connectivity index (χ0v) is 15.2. The summed E-state index contributed by atoms with van der Waals surface area (Å²) in [5, 5.41) is 3.50. The van der Waals surface area contributed by atoms with Crippen LogP contribution in [0.2, 0.25) is 5.02 Å². The van der Waals surface area contributed by atoms with Crippen LogP contribution in [0.4, 0.5) is 5.69 Å². The van der Waals surface area contributed by atoms with Crippen molar-refractivity contribution in [2.45, 2.75) is 11.8 Å². The number of hydrogen-bond donors (Lipinski definition) is 1. The highest BCUT2D eigenvalue weighted by atomic mass is 127. The van der Waals surface area contributed by atoms with Gasteiger partial charge in [-0.3, -0.25) is 4.79 Å². The smallest absolute Gasteiger partial charge is 0.256 e. The number of amides is 1. The Hall–Kier alpha value is -0.590. The fraction of sp³-hybridized carbons (Fsp3) is 0.133. The SMILES string of the molecule is CC(Br)c1ccccc1NC(=O)c1cc(Cl)ccc1I. The van der Waals surface area contributed by atoms with Crippen molar-refractivity contribution < 1.29 is 4.79 Å². The Morgan fingerprint density at radius 3 is 2.70 bits per heavy atom. The van der Waals surface area contributed by atoms with E-state index in [0.717, 1.165) is 14.8 Å². The summed E-state index contributed by atoms with van der Waals surface area (Å²) >= 11 is 11.6. The summed E-state index contributed by atoms with van der Waals surface area (Å²) in [6.07, 6.45) is 0. The lowest BCUT2D eigenvalue weighted by atomic mass is 10.1. The highest BCUT2D eigenvalue weighted by Gasteiger charge is 2.14. The van der Waals surface area contributed by atoms with Crippen molar-refractivity contribution in [1.29, 1.82) is 0 Å². The monoisotopic (exact) mass is 463 g/mol. The van der Waals surface area contributed by atoms with Crippen LogP contribution in [0.25, 0.3) is 0 Å². The van der Waals surface area contributed by atoms with Gasteiger partial charge in [0.1, 0.15) is 0 Å². The number of carbonyl (C=O) groups excluding carboxylic acids is 1. The van der Waals surface area contributed by atoms with Gasteiger partial charge in [0.15, 0.2) is 0 Å². The second kappa shape index (κ2) is 6.91. The maximum absolute atomic E-state index is 12.4. The molecule has 0 aromatic heterocycles. The van der Waals surface area contributed by atoms with Crippen molar-refractivity contribution in [3.05, 3.63) is 62.2 Å². The summed E-state index contributed by atoms with van der Waals surface area (Å²) in [4.78, 5) is 12.5. The molecule has 2 nitrogen and oxygen atoms in total. The van der Waals surface area contributed by atoms with E-state index in [1.807, 2.05) is 37.3 Å². The lowest BCUT2D eigenvalue weighted by molar-refractivity contribution is 0.102. The molecule has 2 aromatic carbocycles. The minimum Gasteiger partial charge on any atom is -0.322 e. The van der Waals surface area contributed by atoms with E-state index < -0.39 is 0 Å². The van der Waals surface area contributed by atoms with E-state index in [0.29, 0.717) is 10.6 Å². The van der Waals surface area contributed by atoms with Gasteiger partial charge in [0.25, 0.3) is 5.91 Å². The van der Waals surface area contributed by atoms with E-state index >= 15 is 0 Å². The number of hydrogen-bond acceptors (Lipinski definition) is 1. The van der Waals surface area contributed by atoms with E-state index in [1.54, 1.807) is 12.1 Å². The predicted octanol–water partition coefficient (Wildman–Crippen LogP) is 5.65. The van der Waals surface area contributed by atoms with Crippen molar-refractivity contribution in [3.8, 4) is 0 Å². The average Bonchev–Trinajstić information content (AvgIpc) is 2.41. The summed E-state index contributed by atoms with van der Waals surface area (Å²) in [6, 6.07) is 13.0. The molecule has 1 amide bonds. The molecule has 0 aliphatic heterocycles. The third kappa shape index (κ3) is 3.74. The highest BCUT2D eigenvalue weighted by molar-refractivity contribution is 14.1. The first-order valence-electron chi connectivity index (χ1n) is 5.98. The van der Waals surface area contributed by atoms with Gasteiger partial charge in [-0.05, 0) is 59.3 Å². The normalized spacial score (nSPS) is 12.0. The quantitative estimate of drug-likeness (QED) is 0.462. The van der Waals surface area contributed by atoms with E-state index in [4.69, 9.17) is 11.6 Å². The molecular formula is C15H12BrClINO. The van der Waals surface area contributed by atoms with Crippen LogP contribution in [0, 0.1) is 3.57 Å². The average molecular weight is 465 g/mol. The third-order valence-corrected chi connectivity index (χ3v) is 4.48. The number of para-hydroxylation sites is 1. The van der Waals surface area contributed by atoms with E-state index in [1.165, 1.54) is 0 Å². The van der Waals surface area contributed by atoms with Gasteiger partial charge in [0.2, 0.25) is 0 Å². The molecule has 0 radical (unpaired) electrons. The zero-order chi connectivity index (χ0) is 14.7. The van der Waals surface area contributed by atoms with Gasteiger partial charge < -0.3 is 5.32 Å². The number of rotatable bonds is 3. The fourth-order valence-electron chi connectivity index (χ4n) is 1.82. The van der Waals surface area contributed by atoms with Crippen LogP contribution >= 0.6 is 50.1 Å². The molecule has 1 atom stereocenters. The molecule has 104 valence electrons. The Kier molecular flexibility index (Phi) is 5.46. The molecule has 0 aliphatic rings. The van der Waals surface area contributed by atoms with Crippen LogP contribution < -0.4 is 5.32 Å². The maximum atomic E-state index is 12.4. The molecule has 0 bridgehead atoms. The van der Waals surface area contributed by atoms with Crippen LogP contribution in [0.5, 0.6) is 0 Å². The second-order valence-electron chi connectivity index (χ2n) is 4.28. The van der Waals surface area contributed by atoms with Crippen LogP contribution in [-0.2, 0) is 0 Å². The molecule has 1 N–H and O–H groups in total. The van der Waals surface area contributed by atoms with E-state index in [9.17, 15) is 4.79 Å². The molecular weight excluding hydrogens is 452 g/mol. The lowest BCUT2D eigenvalue weighted by Crippen LogP contribution is -2.14. The van der Waals surface area contributed by atoms with Gasteiger partial charge in [-0.25, -0.2) is 0 Å². The molecule has 0 aliphatic carbocycles. The molecule has 20 heavy (non-hydrogen) atoms. The van der Waals surface area contributed by atoms with Gasteiger partial charge in [-0.15, -0.1) is 0 Å². The summed E-state index contributed by atoms with van der Waals surface area (Å²) < 4.78 is 0.869. The first kappa shape index (κ1) is 15.8. The first-order valence-corrected chi connectivity index (χ1v) is 8.35. The summed E-state index contributed by atoms with van der Waals surface area (Å²) in [5.74, 6) is -0.155. The molecule has 0 saturated heterocycles. The number of nitrogens with one attached hydrogen (secondary N) is 1. The fourth-order valence-corrected chi connectivity index (χ4v) is 2.97. The van der Waals surface area contributed by atoms with Crippen molar-refractivity contribution in [2.24, 2.45) is 0 Å². The lowest BCUT2D eigenvalue weighted by Gasteiger charge is -2.13. The Bertz CT molecular complexity index is 646. The number of carbonyl (C=O) groups is 1. The van der Waals surface area contributed by atoms with Crippen molar-refractivity contribution in [2.75, 3.05) is 5.32 Å². The largest absolute Gasteiger partial charge is 0.322 e. The minimum atomic E-state index is -0.155. The van der Waals surface area contributed by atoms with Gasteiger partial charge >= 0.3 is 0 Å². The number of halogens is 3. The van der Waals surface area contributed by atoms with Gasteiger partial charge in [-0.2, -0.15) is 0 Å². The number of anilines is 1. The number of alkyl halides is 1. The zero-order valence-electron chi connectivity index (χ0n) is 10.7. The molecule has 2 aromatic rings. The van der Waals surface area contributed by atoms with Crippen LogP contribution in [0.3, 0.4) is 0 Å². The topological polar surface area (TPSA) is 29.1 Å². The summed E-state index contributed by atoms with van der Waals surface area (Å²) in [6.45, 7) is 2.02. The molecule has 0 spiro atoms. The van der Waals surface area contributed by atoms with Gasteiger partial charge in [0.05, 0.1) is 5.56 Å². The van der Waals surface area contributed by atoms with Crippen LogP contribution in [0.1, 0.15) is 27.7 Å². The third-order valence-electron chi connectivity index (χ3n) is 2.81. The Morgan fingerprint density at radius 2 is 2.00 bits per heavy atom. The predicted molar refractivity (Wildman–Crippen MR) is 95.9 cm³/mol. The number of benzene rings is 2. The van der Waals surface area contributed by atoms with Crippen molar-refractivity contribution >= 4 is 61.7 Å². The van der Waals surface area contributed by atoms with E-state index in [2.05, 4.69) is 43.8 Å². The Morgan fingerprint density at radius 1 is 1.30 bits per heavy atom. The second-order valence-corrected chi connectivity index (χ2v) is 7.25. The molecule has 0 saturated carbocycles. The van der Waals surface area contributed by atoms with Gasteiger partial charge in [0, 0.05) is 19.1 Å². The Balaban J connectivity index is 2.31. The summed E-state index contributed by atoms with van der Waals surface area (Å²) in [7, 11) is 0. The molecule has 0 heterocycles. The van der Waals surface area contributed by atoms with Crippen LogP contribution in [-0.4, -0.2) is 5.91 Å². The van der Waals surface area contributed by atoms with Crippen molar-refractivity contribution in [3.63, 3.8) is 0 Å². The molecule has 1 unspecified atom stereocenters. The van der Waals surface area contributed by atoms with E-state index in [-0.39, 0.29) is 10.7 Å². The molecule has 0 fully saturated rings. The van der Waals surface area contributed by atoms with Crippen molar-refractivity contribution in [1.82, 2.24) is 0 Å². The summed E-state index contributed by atoms with van der Waals surface area (Å²) in [5.41, 5.74) is 2.42.